The summed E-state index contributed by atoms with van der Waals surface area (Å²) in [7, 11) is 1.67. The van der Waals surface area contributed by atoms with Crippen LogP contribution in [0.5, 0.6) is 0 Å². The Balaban J connectivity index is 3.18. The average Bonchev–Trinajstić information content (AvgIpc) is 2.84. The van der Waals surface area contributed by atoms with E-state index in [0.29, 0.717) is 106 Å². The van der Waals surface area contributed by atoms with Crippen molar-refractivity contribution < 1.29 is 57.3 Å². The van der Waals surface area contributed by atoms with Crippen molar-refractivity contribution in [2.75, 3.05) is 119 Å². The molecule has 0 aliphatic rings. The second-order valence-corrected chi connectivity index (χ2v) is 8.94. The summed E-state index contributed by atoms with van der Waals surface area (Å²) in [6.07, 6.45) is -0.373. The molecule has 0 bridgehead atoms. The number of carbonyl (C=O) groups is 2. The molecular weight excluding hydrogens is 506 g/mol. The van der Waals surface area contributed by atoms with Crippen LogP contribution >= 0.6 is 0 Å². The van der Waals surface area contributed by atoms with Crippen LogP contribution in [-0.4, -0.2) is 147 Å². The van der Waals surface area contributed by atoms with Crippen LogP contribution in [0.1, 0.15) is 27.2 Å². The molecule has 0 aromatic rings. The lowest BCUT2D eigenvalue weighted by atomic mass is 10.2. The first-order chi connectivity index (χ1) is 18.2. The van der Waals surface area contributed by atoms with Gasteiger partial charge in [0.1, 0.15) is 5.60 Å². The topological polar surface area (TPSA) is 141 Å². The smallest absolute Gasteiger partial charge is 0.410 e. The fourth-order valence-electron chi connectivity index (χ4n) is 2.43. The summed E-state index contributed by atoms with van der Waals surface area (Å²) in [5, 5.41) is 8.47. The van der Waals surface area contributed by atoms with Gasteiger partial charge in [0.2, 0.25) is 0 Å². The zero-order chi connectivity index (χ0) is 28.3. The fourth-order valence-corrected chi connectivity index (χ4v) is 2.43. The minimum Gasteiger partial charge on any atom is -0.481 e. The lowest BCUT2D eigenvalue weighted by molar-refractivity contribution is -0.138. The molecule has 0 saturated heterocycles. The molecule has 38 heavy (non-hydrogen) atoms. The number of nitrogens with zero attached hydrogens (tertiary/aromatic N) is 1. The van der Waals surface area contributed by atoms with Gasteiger partial charge in [-0.05, 0) is 20.8 Å². The van der Waals surface area contributed by atoms with Crippen molar-refractivity contribution >= 4 is 12.1 Å². The van der Waals surface area contributed by atoms with E-state index in [0.717, 1.165) is 0 Å². The van der Waals surface area contributed by atoms with Crippen molar-refractivity contribution in [3.8, 4) is 0 Å². The van der Waals surface area contributed by atoms with Crippen LogP contribution in [0.2, 0.25) is 0 Å². The molecule has 0 fully saturated rings. The Hall–Kier alpha value is -1.58. The van der Waals surface area contributed by atoms with E-state index in [4.69, 9.17) is 47.7 Å². The number of likely N-dealkylation sites (N-methyl/N-ethyl adjacent to an activating group) is 1. The number of hydrogen-bond acceptors (Lipinski definition) is 11. The molecular formula is C25H49NO12. The molecule has 0 aliphatic heterocycles. The quantitative estimate of drug-likeness (QED) is 0.147. The van der Waals surface area contributed by atoms with Gasteiger partial charge in [-0.2, -0.15) is 0 Å². The third-order valence-corrected chi connectivity index (χ3v) is 4.34. The highest BCUT2D eigenvalue weighted by Gasteiger charge is 2.19. The minimum absolute atomic E-state index is 0.00394. The van der Waals surface area contributed by atoms with Crippen LogP contribution in [-0.2, 0) is 47.4 Å². The van der Waals surface area contributed by atoms with Gasteiger partial charge in [0, 0.05) is 13.6 Å². The van der Waals surface area contributed by atoms with Crippen molar-refractivity contribution in [1.29, 1.82) is 0 Å². The summed E-state index contributed by atoms with van der Waals surface area (Å²) < 4.78 is 48.2. The van der Waals surface area contributed by atoms with Crippen molar-refractivity contribution in [2.24, 2.45) is 0 Å². The average molecular weight is 556 g/mol. The lowest BCUT2D eigenvalue weighted by Gasteiger charge is -2.24. The predicted molar refractivity (Wildman–Crippen MR) is 138 cm³/mol. The van der Waals surface area contributed by atoms with E-state index in [1.807, 2.05) is 20.8 Å². The van der Waals surface area contributed by atoms with Gasteiger partial charge in [-0.1, -0.05) is 0 Å². The third-order valence-electron chi connectivity index (χ3n) is 4.34. The summed E-state index contributed by atoms with van der Waals surface area (Å²) in [6.45, 7) is 12.9. The van der Waals surface area contributed by atoms with Gasteiger partial charge >= 0.3 is 12.1 Å². The van der Waals surface area contributed by atoms with Crippen LogP contribution < -0.4 is 0 Å². The van der Waals surface area contributed by atoms with E-state index in [-0.39, 0.29) is 19.1 Å². The molecule has 0 aromatic carbocycles. The maximum atomic E-state index is 11.8. The Morgan fingerprint density at radius 1 is 0.553 bits per heavy atom. The zero-order valence-electron chi connectivity index (χ0n) is 23.6. The molecule has 13 heteroatoms. The van der Waals surface area contributed by atoms with Gasteiger partial charge < -0.3 is 52.6 Å². The zero-order valence-corrected chi connectivity index (χ0v) is 23.6. The number of aliphatic carboxylic acids is 1. The second-order valence-electron chi connectivity index (χ2n) is 8.94. The van der Waals surface area contributed by atoms with Crippen LogP contribution in [0, 0.1) is 0 Å². The third kappa shape index (κ3) is 29.0. The number of carbonyl (C=O) groups excluding carboxylic acids is 1. The highest BCUT2D eigenvalue weighted by atomic mass is 16.6. The molecule has 0 spiro atoms. The highest BCUT2D eigenvalue weighted by Crippen LogP contribution is 2.08. The van der Waals surface area contributed by atoms with E-state index in [9.17, 15) is 9.59 Å². The Kier molecular flexibility index (Phi) is 24.6. The molecule has 0 aliphatic carbocycles. The summed E-state index contributed by atoms with van der Waals surface area (Å²) in [5.74, 6) is -0.876. The summed E-state index contributed by atoms with van der Waals surface area (Å²) in [4.78, 5) is 23.6. The number of rotatable bonds is 27. The van der Waals surface area contributed by atoms with E-state index >= 15 is 0 Å². The van der Waals surface area contributed by atoms with E-state index < -0.39 is 11.6 Å². The number of amides is 1. The molecule has 0 rings (SSSR count). The molecule has 0 unspecified atom stereocenters. The molecule has 1 N–H and O–H groups in total. The largest absolute Gasteiger partial charge is 0.481 e. The standard InChI is InChI=1S/C25H49NO12/c1-25(2,3)38-24(29)26(4)6-8-31-10-12-33-14-16-35-18-20-37-22-21-36-19-17-34-15-13-32-11-9-30-7-5-23(27)28/h5-22H2,1-4H3,(H,27,28). The van der Waals surface area contributed by atoms with Gasteiger partial charge in [0.15, 0.2) is 0 Å². The molecule has 1 amide bonds. The van der Waals surface area contributed by atoms with E-state index in [1.165, 1.54) is 4.90 Å². The monoisotopic (exact) mass is 555 g/mol. The Labute approximate surface area is 226 Å². The molecule has 0 atom stereocenters. The van der Waals surface area contributed by atoms with Gasteiger partial charge in [-0.3, -0.25) is 4.79 Å². The van der Waals surface area contributed by atoms with Crippen molar-refractivity contribution in [1.82, 2.24) is 4.90 Å². The molecule has 0 saturated carbocycles. The van der Waals surface area contributed by atoms with Crippen LogP contribution in [0.4, 0.5) is 4.79 Å². The van der Waals surface area contributed by atoms with Gasteiger partial charge in [-0.25, -0.2) is 4.79 Å². The minimum atomic E-state index is -0.876. The Bertz CT molecular complexity index is 559. The maximum Gasteiger partial charge on any atom is 0.410 e. The number of ether oxygens (including phenoxy) is 9. The number of hydrogen-bond donors (Lipinski definition) is 1. The van der Waals surface area contributed by atoms with Crippen LogP contribution in [0.15, 0.2) is 0 Å². The number of carboxylic acid groups (broad SMARTS) is 1. The van der Waals surface area contributed by atoms with Gasteiger partial charge in [-0.15, -0.1) is 0 Å². The Morgan fingerprint density at radius 3 is 1.13 bits per heavy atom. The maximum absolute atomic E-state index is 11.8. The first-order valence-corrected chi connectivity index (χ1v) is 13.0. The lowest BCUT2D eigenvalue weighted by Crippen LogP contribution is -2.36. The summed E-state index contributed by atoms with van der Waals surface area (Å²) in [5.41, 5.74) is -0.511. The Morgan fingerprint density at radius 2 is 0.842 bits per heavy atom. The van der Waals surface area contributed by atoms with Crippen molar-refractivity contribution in [3.05, 3.63) is 0 Å². The summed E-state index contributed by atoms with van der Waals surface area (Å²) >= 11 is 0. The molecule has 226 valence electrons. The molecule has 0 radical (unpaired) electrons. The fraction of sp³-hybridized carbons (Fsp3) is 0.920. The highest BCUT2D eigenvalue weighted by molar-refractivity contribution is 5.67. The molecule has 13 nitrogen and oxygen atoms in total. The normalized spacial score (nSPS) is 11.6. The second kappa shape index (κ2) is 25.7. The van der Waals surface area contributed by atoms with Crippen LogP contribution in [0.3, 0.4) is 0 Å². The summed E-state index contributed by atoms with van der Waals surface area (Å²) in [6, 6.07) is 0. The van der Waals surface area contributed by atoms with Gasteiger partial charge in [0.05, 0.1) is 112 Å². The van der Waals surface area contributed by atoms with Crippen molar-refractivity contribution in [3.63, 3.8) is 0 Å². The SMILES string of the molecule is CN(CCOCCOCCOCCOCCOCCOCCOCCOCCC(=O)O)C(=O)OC(C)(C)C. The molecule has 0 heterocycles. The van der Waals surface area contributed by atoms with Crippen molar-refractivity contribution in [2.45, 2.75) is 32.8 Å². The predicted octanol–water partition coefficient (Wildman–Crippen LogP) is 1.46. The molecule has 0 aromatic heterocycles. The van der Waals surface area contributed by atoms with E-state index in [1.54, 1.807) is 7.05 Å². The van der Waals surface area contributed by atoms with E-state index in [2.05, 4.69) is 0 Å². The first kappa shape index (κ1) is 36.4. The van der Waals surface area contributed by atoms with Gasteiger partial charge in [0.25, 0.3) is 0 Å². The van der Waals surface area contributed by atoms with Crippen LogP contribution in [0.25, 0.3) is 0 Å². The first-order valence-electron chi connectivity index (χ1n) is 13.0. The number of carboxylic acids is 1.